The van der Waals surface area contributed by atoms with Gasteiger partial charge in [-0.25, -0.2) is 4.79 Å². The zero-order valence-electron chi connectivity index (χ0n) is 13.2. The van der Waals surface area contributed by atoms with Crippen molar-refractivity contribution in [2.75, 3.05) is 10.6 Å². The van der Waals surface area contributed by atoms with Gasteiger partial charge in [-0.15, -0.1) is 0 Å². The van der Waals surface area contributed by atoms with Crippen molar-refractivity contribution in [3.05, 3.63) is 59.7 Å². The monoisotopic (exact) mass is 321 g/mol. The summed E-state index contributed by atoms with van der Waals surface area (Å²) < 4.78 is 0. The van der Waals surface area contributed by atoms with Crippen LogP contribution in [0.2, 0.25) is 0 Å². The van der Waals surface area contributed by atoms with Crippen LogP contribution in [-0.4, -0.2) is 11.9 Å². The van der Waals surface area contributed by atoms with Gasteiger partial charge in [0.15, 0.2) is 0 Å². The summed E-state index contributed by atoms with van der Waals surface area (Å²) in [7, 11) is 0. The molecule has 122 valence electrons. The molecule has 0 aromatic heterocycles. The van der Waals surface area contributed by atoms with Crippen molar-refractivity contribution in [3.63, 3.8) is 0 Å². The number of urea groups is 1. The fraction of sp³-hybridized carbons (Fsp3) is 0.263. The molecule has 3 N–H and O–H groups in total. The van der Waals surface area contributed by atoms with Crippen molar-refractivity contribution in [2.45, 2.75) is 25.3 Å². The first-order valence-corrected chi connectivity index (χ1v) is 8.24. The Morgan fingerprint density at radius 1 is 1.12 bits per heavy atom. The average Bonchev–Trinajstić information content (AvgIpc) is 3.34. The third-order valence-corrected chi connectivity index (χ3v) is 4.53. The Hall–Kier alpha value is -2.82. The number of benzene rings is 2. The maximum absolute atomic E-state index is 12.4. The summed E-state index contributed by atoms with van der Waals surface area (Å²) in [5.41, 5.74) is 3.58. The standard InChI is InChI=1S/C19H19N3O2/c23-17-11-14-10-15(8-9-16(14)21-17)20-19(24)22-18(13-6-7-13)12-4-2-1-3-5-12/h1-5,8-10,13,18H,6-7,11H2,(H,21,23)(H2,20,22,24)/t18-/m0/s1. The van der Waals surface area contributed by atoms with E-state index in [0.717, 1.165) is 29.7 Å². The molecular weight excluding hydrogens is 302 g/mol. The van der Waals surface area contributed by atoms with Crippen LogP contribution in [0.3, 0.4) is 0 Å². The van der Waals surface area contributed by atoms with E-state index in [1.165, 1.54) is 0 Å². The van der Waals surface area contributed by atoms with E-state index in [1.54, 1.807) is 6.07 Å². The Morgan fingerprint density at radius 3 is 2.67 bits per heavy atom. The fourth-order valence-electron chi connectivity index (χ4n) is 3.18. The molecule has 0 unspecified atom stereocenters. The van der Waals surface area contributed by atoms with Crippen LogP contribution in [0.1, 0.15) is 30.0 Å². The first-order chi connectivity index (χ1) is 11.7. The minimum Gasteiger partial charge on any atom is -0.331 e. The van der Waals surface area contributed by atoms with Crippen molar-refractivity contribution in [2.24, 2.45) is 5.92 Å². The molecule has 1 fully saturated rings. The maximum atomic E-state index is 12.4. The third-order valence-electron chi connectivity index (χ3n) is 4.53. The number of carbonyl (C=O) groups excluding carboxylic acids is 2. The van der Waals surface area contributed by atoms with Gasteiger partial charge in [-0.1, -0.05) is 30.3 Å². The van der Waals surface area contributed by atoms with Crippen LogP contribution in [0.4, 0.5) is 16.2 Å². The highest BCUT2D eigenvalue weighted by molar-refractivity contribution is 6.00. The molecule has 1 atom stereocenters. The molecule has 5 nitrogen and oxygen atoms in total. The SMILES string of the molecule is O=C1Cc2cc(NC(=O)N[C@@H](c3ccccc3)C3CC3)ccc2N1. The lowest BCUT2D eigenvalue weighted by atomic mass is 10.0. The fourth-order valence-corrected chi connectivity index (χ4v) is 3.18. The third kappa shape index (κ3) is 3.11. The molecule has 2 aromatic carbocycles. The number of hydrogen-bond acceptors (Lipinski definition) is 2. The molecule has 0 saturated heterocycles. The second-order valence-corrected chi connectivity index (χ2v) is 6.42. The van der Waals surface area contributed by atoms with Gasteiger partial charge in [0.25, 0.3) is 0 Å². The number of amides is 3. The second kappa shape index (κ2) is 6.00. The molecule has 1 aliphatic heterocycles. The second-order valence-electron chi connectivity index (χ2n) is 6.42. The minimum absolute atomic E-state index is 0.00974. The minimum atomic E-state index is -0.215. The molecular formula is C19H19N3O2. The molecule has 4 rings (SSSR count). The van der Waals surface area contributed by atoms with Crippen LogP contribution in [-0.2, 0) is 11.2 Å². The average molecular weight is 321 g/mol. The number of hydrogen-bond donors (Lipinski definition) is 3. The van der Waals surface area contributed by atoms with E-state index in [0.29, 0.717) is 18.0 Å². The van der Waals surface area contributed by atoms with Crippen molar-refractivity contribution < 1.29 is 9.59 Å². The van der Waals surface area contributed by atoms with Crippen LogP contribution < -0.4 is 16.0 Å². The van der Waals surface area contributed by atoms with Crippen LogP contribution >= 0.6 is 0 Å². The summed E-state index contributed by atoms with van der Waals surface area (Å²) in [4.78, 5) is 23.8. The Labute approximate surface area is 140 Å². The van der Waals surface area contributed by atoms with Crippen LogP contribution in [0, 0.1) is 5.92 Å². The van der Waals surface area contributed by atoms with Crippen LogP contribution in [0.5, 0.6) is 0 Å². The Kier molecular flexibility index (Phi) is 3.69. The van der Waals surface area contributed by atoms with Crippen molar-refractivity contribution >= 4 is 23.3 Å². The van der Waals surface area contributed by atoms with Gasteiger partial charge in [-0.2, -0.15) is 0 Å². The largest absolute Gasteiger partial charge is 0.331 e. The summed E-state index contributed by atoms with van der Waals surface area (Å²) in [6.07, 6.45) is 2.65. The molecule has 1 aliphatic carbocycles. The van der Waals surface area contributed by atoms with Gasteiger partial charge in [0, 0.05) is 11.4 Å². The summed E-state index contributed by atoms with van der Waals surface area (Å²) in [5.74, 6) is 0.504. The molecule has 1 saturated carbocycles. The van der Waals surface area contributed by atoms with E-state index in [-0.39, 0.29) is 18.0 Å². The van der Waals surface area contributed by atoms with Crippen LogP contribution in [0.15, 0.2) is 48.5 Å². The van der Waals surface area contributed by atoms with Gasteiger partial charge in [0.05, 0.1) is 12.5 Å². The zero-order chi connectivity index (χ0) is 16.5. The van der Waals surface area contributed by atoms with Crippen molar-refractivity contribution in [1.29, 1.82) is 0 Å². The van der Waals surface area contributed by atoms with Crippen LogP contribution in [0.25, 0.3) is 0 Å². The lowest BCUT2D eigenvalue weighted by Crippen LogP contribution is -2.33. The first kappa shape index (κ1) is 14.8. The number of carbonyl (C=O) groups is 2. The first-order valence-electron chi connectivity index (χ1n) is 8.24. The molecule has 2 aromatic rings. The van der Waals surface area contributed by atoms with Gasteiger partial charge >= 0.3 is 6.03 Å². The topological polar surface area (TPSA) is 70.2 Å². The highest BCUT2D eigenvalue weighted by Gasteiger charge is 2.33. The number of nitrogens with one attached hydrogen (secondary N) is 3. The molecule has 2 aliphatic rings. The predicted octanol–water partition coefficient (Wildman–Crippen LogP) is 3.45. The molecule has 5 heteroatoms. The summed E-state index contributed by atoms with van der Waals surface area (Å²) in [6, 6.07) is 15.4. The van der Waals surface area contributed by atoms with Gasteiger partial charge in [0.2, 0.25) is 5.91 Å². The zero-order valence-corrected chi connectivity index (χ0v) is 13.2. The summed E-state index contributed by atoms with van der Waals surface area (Å²) in [6.45, 7) is 0. The highest BCUT2D eigenvalue weighted by atomic mass is 16.2. The molecule has 0 bridgehead atoms. The van der Waals surface area contributed by atoms with E-state index in [2.05, 4.69) is 28.1 Å². The van der Waals surface area contributed by atoms with Gasteiger partial charge in [-0.05, 0) is 48.1 Å². The molecule has 24 heavy (non-hydrogen) atoms. The Balaban J connectivity index is 1.44. The molecule has 1 heterocycles. The lowest BCUT2D eigenvalue weighted by molar-refractivity contribution is -0.115. The number of rotatable bonds is 4. The Morgan fingerprint density at radius 2 is 1.92 bits per heavy atom. The van der Waals surface area contributed by atoms with E-state index in [4.69, 9.17) is 0 Å². The quantitative estimate of drug-likeness (QED) is 0.807. The molecule has 0 radical (unpaired) electrons. The normalized spacial score (nSPS) is 16.9. The molecule has 0 spiro atoms. The van der Waals surface area contributed by atoms with E-state index >= 15 is 0 Å². The smallest absolute Gasteiger partial charge is 0.319 e. The van der Waals surface area contributed by atoms with E-state index in [9.17, 15) is 9.59 Å². The lowest BCUT2D eigenvalue weighted by Gasteiger charge is -2.19. The Bertz CT molecular complexity index is 784. The summed E-state index contributed by atoms with van der Waals surface area (Å²) in [5, 5.41) is 8.76. The van der Waals surface area contributed by atoms with Gasteiger partial charge in [-0.3, -0.25) is 4.79 Å². The summed E-state index contributed by atoms with van der Waals surface area (Å²) >= 11 is 0. The number of fused-ring (bicyclic) bond motifs is 1. The van der Waals surface area contributed by atoms with Crippen molar-refractivity contribution in [3.8, 4) is 0 Å². The molecule has 3 amide bonds. The van der Waals surface area contributed by atoms with E-state index < -0.39 is 0 Å². The number of anilines is 2. The van der Waals surface area contributed by atoms with Gasteiger partial charge in [0.1, 0.15) is 0 Å². The van der Waals surface area contributed by atoms with E-state index in [1.807, 2.05) is 30.3 Å². The maximum Gasteiger partial charge on any atom is 0.319 e. The predicted molar refractivity (Wildman–Crippen MR) is 92.8 cm³/mol. The van der Waals surface area contributed by atoms with Gasteiger partial charge < -0.3 is 16.0 Å². The highest BCUT2D eigenvalue weighted by Crippen LogP contribution is 2.41. The van der Waals surface area contributed by atoms with Crippen molar-refractivity contribution in [1.82, 2.24) is 5.32 Å².